The van der Waals surface area contributed by atoms with E-state index in [1.54, 1.807) is 6.20 Å². The minimum Gasteiger partial charge on any atom is -0.449 e. The van der Waals surface area contributed by atoms with Crippen LogP contribution in [0.3, 0.4) is 0 Å². The van der Waals surface area contributed by atoms with Crippen LogP contribution in [0.4, 0.5) is 9.59 Å². The van der Waals surface area contributed by atoms with Crippen LogP contribution in [0.1, 0.15) is 43.4 Å². The van der Waals surface area contributed by atoms with Gasteiger partial charge >= 0.3 is 12.2 Å². The highest BCUT2D eigenvalue weighted by molar-refractivity contribution is 5.90. The summed E-state index contributed by atoms with van der Waals surface area (Å²) in [6.45, 7) is 6.16. The third-order valence-corrected chi connectivity index (χ3v) is 6.32. The van der Waals surface area contributed by atoms with Gasteiger partial charge in [-0.25, -0.2) is 9.59 Å². The van der Waals surface area contributed by atoms with Crippen LogP contribution in [0.25, 0.3) is 28.1 Å². The van der Waals surface area contributed by atoms with Crippen molar-refractivity contribution in [1.29, 1.82) is 0 Å². The van der Waals surface area contributed by atoms with Crippen molar-refractivity contribution < 1.29 is 19.1 Å². The summed E-state index contributed by atoms with van der Waals surface area (Å²) in [7, 11) is 0. The first-order chi connectivity index (χ1) is 17.8. The minimum absolute atomic E-state index is 0.0356. The molecule has 6 nitrogen and oxygen atoms in total. The van der Waals surface area contributed by atoms with Gasteiger partial charge < -0.3 is 14.8 Å². The zero-order valence-electron chi connectivity index (χ0n) is 21.2. The lowest BCUT2D eigenvalue weighted by Gasteiger charge is -2.19. The van der Waals surface area contributed by atoms with Gasteiger partial charge in [0, 0.05) is 24.0 Å². The first kappa shape index (κ1) is 24.4. The molecule has 0 bridgehead atoms. The molecule has 6 heteroatoms. The number of aromatic nitrogens is 1. The number of benzene rings is 3. The van der Waals surface area contributed by atoms with Crippen molar-refractivity contribution in [2.75, 3.05) is 13.2 Å². The van der Waals surface area contributed by atoms with Crippen LogP contribution >= 0.6 is 0 Å². The Bertz CT molecular complexity index is 1450. The maximum Gasteiger partial charge on any atom is 0.418 e. The molecule has 1 amide bonds. The number of alkyl carbamates (subject to hydrolysis) is 1. The van der Waals surface area contributed by atoms with E-state index in [-0.39, 0.29) is 12.5 Å². The Morgan fingerprint density at radius 2 is 1.62 bits per heavy atom. The molecule has 3 aromatic carbocycles. The van der Waals surface area contributed by atoms with Gasteiger partial charge in [0.25, 0.3) is 0 Å². The molecular formula is C31H30N2O4. The lowest BCUT2D eigenvalue weighted by atomic mass is 9.98. The summed E-state index contributed by atoms with van der Waals surface area (Å²) in [4.78, 5) is 24.8. The van der Waals surface area contributed by atoms with Crippen molar-refractivity contribution in [3.8, 4) is 11.1 Å². The second-order valence-corrected chi connectivity index (χ2v) is 10.1. The zero-order chi connectivity index (χ0) is 26.0. The molecule has 0 aliphatic heterocycles. The van der Waals surface area contributed by atoms with Gasteiger partial charge in [0.2, 0.25) is 0 Å². The Labute approximate surface area is 216 Å². The van der Waals surface area contributed by atoms with E-state index in [0.29, 0.717) is 6.54 Å². The van der Waals surface area contributed by atoms with Gasteiger partial charge in [0.05, 0.1) is 5.52 Å². The van der Waals surface area contributed by atoms with Gasteiger partial charge in [-0.3, -0.25) is 4.57 Å². The predicted molar refractivity (Wildman–Crippen MR) is 146 cm³/mol. The number of fused-ring (bicyclic) bond motifs is 4. The summed E-state index contributed by atoms with van der Waals surface area (Å²) in [5.74, 6) is 0.0356. The van der Waals surface area contributed by atoms with E-state index >= 15 is 0 Å². The van der Waals surface area contributed by atoms with E-state index < -0.39 is 17.8 Å². The van der Waals surface area contributed by atoms with Crippen LogP contribution < -0.4 is 5.32 Å². The Morgan fingerprint density at radius 3 is 2.30 bits per heavy atom. The van der Waals surface area contributed by atoms with Crippen molar-refractivity contribution in [3.05, 3.63) is 102 Å². The molecule has 0 unspecified atom stereocenters. The Hall–Kier alpha value is -4.32. The molecule has 1 aliphatic carbocycles. The highest BCUT2D eigenvalue weighted by atomic mass is 16.6. The summed E-state index contributed by atoms with van der Waals surface area (Å²) >= 11 is 0. The van der Waals surface area contributed by atoms with Crippen LogP contribution in [0, 0.1) is 0 Å². The number of carbonyl (C=O) groups is 2. The van der Waals surface area contributed by atoms with Gasteiger partial charge in [-0.2, -0.15) is 0 Å². The molecular weight excluding hydrogens is 464 g/mol. The van der Waals surface area contributed by atoms with Crippen molar-refractivity contribution in [1.82, 2.24) is 9.88 Å². The fraction of sp³-hybridized carbons (Fsp3) is 0.226. The lowest BCUT2D eigenvalue weighted by molar-refractivity contribution is 0.0544. The molecule has 0 radical (unpaired) electrons. The van der Waals surface area contributed by atoms with E-state index in [0.717, 1.165) is 16.5 Å². The molecule has 188 valence electrons. The summed E-state index contributed by atoms with van der Waals surface area (Å²) in [6, 6.07) is 24.2. The maximum atomic E-state index is 12.4. The van der Waals surface area contributed by atoms with E-state index in [1.165, 1.54) is 26.8 Å². The van der Waals surface area contributed by atoms with Gasteiger partial charge in [-0.15, -0.1) is 0 Å². The summed E-state index contributed by atoms with van der Waals surface area (Å²) in [6.07, 6.45) is 4.65. The van der Waals surface area contributed by atoms with Gasteiger partial charge in [-0.1, -0.05) is 66.7 Å². The van der Waals surface area contributed by atoms with Crippen LogP contribution in [-0.2, 0) is 9.47 Å². The van der Waals surface area contributed by atoms with E-state index in [2.05, 4.69) is 29.6 Å². The molecule has 1 aliphatic rings. The molecule has 0 saturated heterocycles. The summed E-state index contributed by atoms with van der Waals surface area (Å²) in [5, 5.41) is 3.72. The number of hydrogen-bond acceptors (Lipinski definition) is 4. The highest BCUT2D eigenvalue weighted by Gasteiger charge is 2.28. The monoisotopic (exact) mass is 494 g/mol. The van der Waals surface area contributed by atoms with Gasteiger partial charge in [-0.05, 0) is 66.8 Å². The average molecular weight is 495 g/mol. The van der Waals surface area contributed by atoms with Crippen molar-refractivity contribution in [2.45, 2.75) is 32.3 Å². The number of hydrogen-bond donors (Lipinski definition) is 1. The maximum absolute atomic E-state index is 12.4. The van der Waals surface area contributed by atoms with E-state index in [4.69, 9.17) is 9.47 Å². The SMILES string of the molecule is CC(C)(C)OC(=O)n1ccc2cc(C=CCNC(=O)OCC3c4ccccc4-c4ccccc43)ccc21. The van der Waals surface area contributed by atoms with E-state index in [1.807, 2.05) is 81.5 Å². The molecule has 1 aromatic heterocycles. The van der Waals surface area contributed by atoms with Crippen LogP contribution in [0.5, 0.6) is 0 Å². The van der Waals surface area contributed by atoms with Crippen molar-refractivity contribution >= 4 is 29.2 Å². The molecule has 5 rings (SSSR count). The fourth-order valence-corrected chi connectivity index (χ4v) is 4.72. The Kier molecular flexibility index (Phi) is 6.57. The molecule has 0 atom stereocenters. The van der Waals surface area contributed by atoms with Crippen LogP contribution in [0.15, 0.2) is 85.1 Å². The van der Waals surface area contributed by atoms with Gasteiger partial charge in [0.15, 0.2) is 0 Å². The number of nitrogens with one attached hydrogen (secondary N) is 1. The van der Waals surface area contributed by atoms with E-state index in [9.17, 15) is 9.59 Å². The molecule has 0 fully saturated rings. The summed E-state index contributed by atoms with van der Waals surface area (Å²) in [5.41, 5.74) is 5.96. The quantitative estimate of drug-likeness (QED) is 0.325. The Balaban J connectivity index is 1.15. The minimum atomic E-state index is -0.559. The van der Waals surface area contributed by atoms with Crippen molar-refractivity contribution in [2.24, 2.45) is 0 Å². The molecule has 1 heterocycles. The lowest BCUT2D eigenvalue weighted by Crippen LogP contribution is -2.26. The van der Waals surface area contributed by atoms with Crippen LogP contribution in [-0.4, -0.2) is 35.5 Å². The average Bonchev–Trinajstić information content (AvgIpc) is 3.43. The van der Waals surface area contributed by atoms with Crippen molar-refractivity contribution in [3.63, 3.8) is 0 Å². The zero-order valence-corrected chi connectivity index (χ0v) is 21.2. The first-order valence-corrected chi connectivity index (χ1v) is 12.4. The molecule has 0 spiro atoms. The Morgan fingerprint density at radius 1 is 0.946 bits per heavy atom. The topological polar surface area (TPSA) is 69.6 Å². The smallest absolute Gasteiger partial charge is 0.418 e. The molecule has 4 aromatic rings. The standard InChI is InChI=1S/C31H30N2O4/c1-31(2,3)37-30(35)33-18-16-22-19-21(14-15-28(22)33)9-8-17-32-29(34)36-20-27-25-12-6-4-10-23(25)24-11-5-7-13-26(24)27/h4-16,18-19,27H,17,20H2,1-3H3,(H,32,34). The third-order valence-electron chi connectivity index (χ3n) is 6.32. The number of carbonyl (C=O) groups excluding carboxylic acids is 2. The van der Waals surface area contributed by atoms with Gasteiger partial charge in [0.1, 0.15) is 12.2 Å². The number of nitrogens with zero attached hydrogens (tertiary/aromatic N) is 1. The van der Waals surface area contributed by atoms with Crippen LogP contribution in [0.2, 0.25) is 0 Å². The predicted octanol–water partition coefficient (Wildman–Crippen LogP) is 6.98. The second-order valence-electron chi connectivity index (χ2n) is 10.1. The molecule has 1 N–H and O–H groups in total. The number of rotatable bonds is 5. The third kappa shape index (κ3) is 5.28. The second kappa shape index (κ2) is 9.97. The normalized spacial score (nSPS) is 12.9. The largest absolute Gasteiger partial charge is 0.449 e. The highest BCUT2D eigenvalue weighted by Crippen LogP contribution is 2.44. The fourth-order valence-electron chi connectivity index (χ4n) is 4.72. The molecule has 0 saturated carbocycles. The number of ether oxygens (including phenoxy) is 2. The molecule has 37 heavy (non-hydrogen) atoms. The number of amides is 1. The first-order valence-electron chi connectivity index (χ1n) is 12.4. The summed E-state index contributed by atoms with van der Waals surface area (Å²) < 4.78 is 12.6.